The number of para-hydroxylation sites is 1. The van der Waals surface area contributed by atoms with Crippen molar-refractivity contribution < 1.29 is 14.7 Å². The Labute approximate surface area is 141 Å². The highest BCUT2D eigenvalue weighted by atomic mass is 16.3. The highest BCUT2D eigenvalue weighted by Gasteiger charge is 2.09. The van der Waals surface area contributed by atoms with Gasteiger partial charge in [-0.1, -0.05) is 24.3 Å². The SMILES string of the molecule is CN(C)c1cccc(C(=O)NNC(=O)CCc2ccccc2O)c1. The number of aromatic hydroxyl groups is 1. The summed E-state index contributed by atoms with van der Waals surface area (Å²) in [6, 6.07) is 13.9. The monoisotopic (exact) mass is 327 g/mol. The van der Waals surface area contributed by atoms with Crippen LogP contribution in [-0.4, -0.2) is 31.0 Å². The average Bonchev–Trinajstić information content (AvgIpc) is 2.59. The molecule has 0 radical (unpaired) electrons. The molecular weight excluding hydrogens is 306 g/mol. The molecule has 0 atom stereocenters. The second-order valence-electron chi connectivity index (χ2n) is 5.58. The molecule has 0 spiro atoms. The van der Waals surface area contributed by atoms with Crippen LogP contribution in [0.1, 0.15) is 22.3 Å². The number of hydrogen-bond donors (Lipinski definition) is 3. The number of hydrazine groups is 1. The predicted molar refractivity (Wildman–Crippen MR) is 92.8 cm³/mol. The van der Waals surface area contributed by atoms with Crippen molar-refractivity contribution >= 4 is 17.5 Å². The Bertz CT molecular complexity index is 729. The number of carbonyl (C=O) groups is 2. The molecule has 126 valence electrons. The number of carbonyl (C=O) groups excluding carboxylic acids is 2. The van der Waals surface area contributed by atoms with E-state index in [0.29, 0.717) is 17.5 Å². The molecule has 3 N–H and O–H groups in total. The summed E-state index contributed by atoms with van der Waals surface area (Å²) in [5, 5.41) is 9.66. The number of hydrogen-bond acceptors (Lipinski definition) is 4. The Kier molecular flexibility index (Phi) is 5.78. The van der Waals surface area contributed by atoms with Gasteiger partial charge in [-0.05, 0) is 36.2 Å². The van der Waals surface area contributed by atoms with Gasteiger partial charge in [0.1, 0.15) is 5.75 Å². The first-order valence-corrected chi connectivity index (χ1v) is 7.61. The molecule has 2 amide bonds. The maximum absolute atomic E-state index is 12.1. The number of nitrogens with one attached hydrogen (secondary N) is 2. The number of amides is 2. The van der Waals surface area contributed by atoms with Gasteiger partial charge in [0.05, 0.1) is 0 Å². The third kappa shape index (κ3) is 4.74. The average molecular weight is 327 g/mol. The van der Waals surface area contributed by atoms with Crippen LogP contribution < -0.4 is 15.8 Å². The largest absolute Gasteiger partial charge is 0.508 e. The molecule has 0 heterocycles. The lowest BCUT2D eigenvalue weighted by atomic mass is 10.1. The number of benzene rings is 2. The number of anilines is 1. The summed E-state index contributed by atoms with van der Waals surface area (Å²) >= 11 is 0. The standard InChI is InChI=1S/C18H21N3O3/c1-21(2)15-8-5-7-14(12-15)18(24)20-19-17(23)11-10-13-6-3-4-9-16(13)22/h3-9,12,22H,10-11H2,1-2H3,(H,19,23)(H,20,24). The summed E-state index contributed by atoms with van der Waals surface area (Å²) in [7, 11) is 3.77. The van der Waals surface area contributed by atoms with Gasteiger partial charge in [-0.25, -0.2) is 0 Å². The van der Waals surface area contributed by atoms with Crippen molar-refractivity contribution in [3.05, 3.63) is 59.7 Å². The zero-order chi connectivity index (χ0) is 17.5. The van der Waals surface area contributed by atoms with Gasteiger partial charge >= 0.3 is 0 Å². The van der Waals surface area contributed by atoms with E-state index >= 15 is 0 Å². The number of phenolic OH excluding ortho intramolecular Hbond substituents is 1. The molecule has 0 saturated heterocycles. The van der Waals surface area contributed by atoms with Crippen LogP contribution >= 0.6 is 0 Å². The number of phenols is 1. The first kappa shape index (κ1) is 17.3. The van der Waals surface area contributed by atoms with Crippen LogP contribution in [0.25, 0.3) is 0 Å². The molecule has 0 aliphatic carbocycles. The third-order valence-corrected chi connectivity index (χ3v) is 3.55. The lowest BCUT2D eigenvalue weighted by Crippen LogP contribution is -2.41. The fraction of sp³-hybridized carbons (Fsp3) is 0.222. The van der Waals surface area contributed by atoms with E-state index in [1.807, 2.05) is 25.1 Å². The van der Waals surface area contributed by atoms with Crippen LogP contribution in [0, 0.1) is 0 Å². The van der Waals surface area contributed by atoms with E-state index in [0.717, 1.165) is 5.69 Å². The summed E-state index contributed by atoms with van der Waals surface area (Å²) in [5.74, 6) is -0.542. The quantitative estimate of drug-likeness (QED) is 0.732. The smallest absolute Gasteiger partial charge is 0.269 e. The van der Waals surface area contributed by atoms with Gasteiger partial charge < -0.3 is 10.0 Å². The molecule has 0 fully saturated rings. The van der Waals surface area contributed by atoms with Gasteiger partial charge in [0.15, 0.2) is 0 Å². The Balaban J connectivity index is 1.84. The fourth-order valence-corrected chi connectivity index (χ4v) is 2.16. The Morgan fingerprint density at radius 2 is 1.79 bits per heavy atom. The maximum Gasteiger partial charge on any atom is 0.269 e. The molecule has 2 aromatic rings. The van der Waals surface area contributed by atoms with Crippen LogP contribution in [0.2, 0.25) is 0 Å². The van der Waals surface area contributed by atoms with E-state index in [2.05, 4.69) is 10.9 Å². The molecule has 0 aliphatic heterocycles. The highest BCUT2D eigenvalue weighted by molar-refractivity contribution is 5.96. The minimum absolute atomic E-state index is 0.162. The van der Waals surface area contributed by atoms with Crippen molar-refractivity contribution in [3.63, 3.8) is 0 Å². The Morgan fingerprint density at radius 1 is 1.04 bits per heavy atom. The summed E-state index contributed by atoms with van der Waals surface area (Å²) in [4.78, 5) is 25.8. The molecule has 0 unspecified atom stereocenters. The molecule has 2 rings (SSSR count). The van der Waals surface area contributed by atoms with Crippen LogP contribution in [0.4, 0.5) is 5.69 Å². The van der Waals surface area contributed by atoms with Gasteiger partial charge in [0.25, 0.3) is 5.91 Å². The fourth-order valence-electron chi connectivity index (χ4n) is 2.16. The van der Waals surface area contributed by atoms with E-state index in [4.69, 9.17) is 0 Å². The second kappa shape index (κ2) is 8.01. The molecule has 0 saturated carbocycles. The Morgan fingerprint density at radius 3 is 2.50 bits per heavy atom. The summed E-state index contributed by atoms with van der Waals surface area (Å²) in [6.45, 7) is 0. The lowest BCUT2D eigenvalue weighted by Gasteiger charge is -2.13. The van der Waals surface area contributed by atoms with Crippen molar-refractivity contribution in [1.82, 2.24) is 10.9 Å². The van der Waals surface area contributed by atoms with Crippen molar-refractivity contribution in [2.75, 3.05) is 19.0 Å². The molecule has 24 heavy (non-hydrogen) atoms. The molecular formula is C18H21N3O3. The number of nitrogens with zero attached hydrogens (tertiary/aromatic N) is 1. The minimum Gasteiger partial charge on any atom is -0.508 e. The van der Waals surface area contributed by atoms with E-state index < -0.39 is 0 Å². The Hall–Kier alpha value is -3.02. The van der Waals surface area contributed by atoms with Gasteiger partial charge in [0, 0.05) is 31.8 Å². The van der Waals surface area contributed by atoms with E-state index in [1.165, 1.54) is 0 Å². The van der Waals surface area contributed by atoms with E-state index in [1.54, 1.807) is 42.5 Å². The van der Waals surface area contributed by atoms with Crippen molar-refractivity contribution in [3.8, 4) is 5.75 Å². The zero-order valence-electron chi connectivity index (χ0n) is 13.7. The van der Waals surface area contributed by atoms with Gasteiger partial charge in [-0.3, -0.25) is 20.4 Å². The number of rotatable bonds is 5. The lowest BCUT2D eigenvalue weighted by molar-refractivity contribution is -0.121. The highest BCUT2D eigenvalue weighted by Crippen LogP contribution is 2.17. The van der Waals surface area contributed by atoms with Crippen LogP contribution in [-0.2, 0) is 11.2 Å². The normalized spacial score (nSPS) is 10.1. The van der Waals surface area contributed by atoms with E-state index in [9.17, 15) is 14.7 Å². The molecule has 6 nitrogen and oxygen atoms in total. The molecule has 0 bridgehead atoms. The van der Waals surface area contributed by atoms with Crippen molar-refractivity contribution in [1.29, 1.82) is 0 Å². The summed E-state index contributed by atoms with van der Waals surface area (Å²) < 4.78 is 0. The first-order valence-electron chi connectivity index (χ1n) is 7.61. The van der Waals surface area contributed by atoms with Crippen LogP contribution in [0.3, 0.4) is 0 Å². The number of aryl methyl sites for hydroxylation is 1. The first-order chi connectivity index (χ1) is 11.5. The molecule has 0 aliphatic rings. The van der Waals surface area contributed by atoms with E-state index in [-0.39, 0.29) is 24.0 Å². The van der Waals surface area contributed by atoms with Crippen LogP contribution in [0.5, 0.6) is 5.75 Å². The summed E-state index contributed by atoms with van der Waals surface area (Å²) in [5.41, 5.74) is 6.83. The topological polar surface area (TPSA) is 81.7 Å². The minimum atomic E-state index is -0.380. The summed E-state index contributed by atoms with van der Waals surface area (Å²) in [6.07, 6.45) is 0.556. The molecule has 0 aromatic heterocycles. The zero-order valence-corrected chi connectivity index (χ0v) is 13.7. The van der Waals surface area contributed by atoms with Crippen molar-refractivity contribution in [2.24, 2.45) is 0 Å². The molecule has 2 aromatic carbocycles. The van der Waals surface area contributed by atoms with Crippen LogP contribution in [0.15, 0.2) is 48.5 Å². The molecule has 6 heteroatoms. The maximum atomic E-state index is 12.1. The van der Waals surface area contributed by atoms with Gasteiger partial charge in [0.2, 0.25) is 5.91 Å². The second-order valence-corrected chi connectivity index (χ2v) is 5.58. The predicted octanol–water partition coefficient (Wildman–Crippen LogP) is 1.85. The van der Waals surface area contributed by atoms with Gasteiger partial charge in [-0.15, -0.1) is 0 Å². The van der Waals surface area contributed by atoms with Crippen molar-refractivity contribution in [2.45, 2.75) is 12.8 Å². The van der Waals surface area contributed by atoms with Gasteiger partial charge in [-0.2, -0.15) is 0 Å². The third-order valence-electron chi connectivity index (χ3n) is 3.55.